The molecule has 4 aromatic rings. The van der Waals surface area contributed by atoms with E-state index in [-0.39, 0.29) is 18.1 Å². The predicted molar refractivity (Wildman–Crippen MR) is 163 cm³/mol. The fourth-order valence-corrected chi connectivity index (χ4v) is 5.97. The van der Waals surface area contributed by atoms with E-state index in [1.54, 1.807) is 0 Å². The molecule has 1 N–H and O–H groups in total. The molecule has 3 atom stereocenters. The zero-order valence-electron chi connectivity index (χ0n) is 22.0. The van der Waals surface area contributed by atoms with Gasteiger partial charge < -0.3 is 19.4 Å². The average Bonchev–Trinajstić information content (AvgIpc) is 3.56. The first-order valence-electron chi connectivity index (χ1n) is 13.3. The summed E-state index contributed by atoms with van der Waals surface area (Å²) in [5.74, 6) is 2.99. The Bertz CT molecular complexity index is 1650. The van der Waals surface area contributed by atoms with Crippen molar-refractivity contribution < 1.29 is 9.15 Å². The number of nitrogens with one attached hydrogen (secondary N) is 1. The van der Waals surface area contributed by atoms with E-state index in [2.05, 4.69) is 51.3 Å². The maximum atomic E-state index is 6.25. The SMILES string of the molecule is CCOc1ccc(NC2=Nc3ccccc3N3C2=N[C@@H]2[C@@H](C(C)=NN2c2ccccc2)[C@H]3c2ccc(Br)o2)cc1. The lowest BCUT2D eigenvalue weighted by Gasteiger charge is -2.45. The Hall–Kier alpha value is -4.37. The van der Waals surface area contributed by atoms with E-state index >= 15 is 0 Å². The highest BCUT2D eigenvalue weighted by Gasteiger charge is 2.51. The Morgan fingerprint density at radius 2 is 1.73 bits per heavy atom. The molecule has 9 heteroatoms. The number of nitrogens with zero attached hydrogens (tertiary/aromatic N) is 5. The lowest BCUT2D eigenvalue weighted by Crippen LogP contribution is -2.54. The van der Waals surface area contributed by atoms with Crippen molar-refractivity contribution in [1.29, 1.82) is 0 Å². The molecule has 7 rings (SSSR count). The summed E-state index contributed by atoms with van der Waals surface area (Å²) in [6.45, 7) is 4.67. The summed E-state index contributed by atoms with van der Waals surface area (Å²) < 4.78 is 12.6. The van der Waals surface area contributed by atoms with Crippen molar-refractivity contribution in [2.45, 2.75) is 26.1 Å². The summed E-state index contributed by atoms with van der Waals surface area (Å²) in [5, 5.41) is 10.6. The number of amidine groups is 2. The molecule has 8 nitrogen and oxygen atoms in total. The van der Waals surface area contributed by atoms with Gasteiger partial charge in [-0.2, -0.15) is 5.10 Å². The fourth-order valence-electron chi connectivity index (χ4n) is 5.65. The average molecular weight is 596 g/mol. The molecule has 3 aliphatic heterocycles. The number of para-hydroxylation sites is 3. The Morgan fingerprint density at radius 3 is 2.48 bits per heavy atom. The van der Waals surface area contributed by atoms with E-state index in [1.165, 1.54) is 0 Å². The van der Waals surface area contributed by atoms with Crippen LogP contribution in [0, 0.1) is 5.92 Å². The van der Waals surface area contributed by atoms with Crippen molar-refractivity contribution in [3.8, 4) is 5.75 Å². The first kappa shape index (κ1) is 24.7. The molecule has 0 saturated carbocycles. The Morgan fingerprint density at radius 1 is 0.950 bits per heavy atom. The van der Waals surface area contributed by atoms with Gasteiger partial charge in [0.25, 0.3) is 0 Å². The maximum Gasteiger partial charge on any atom is 0.174 e. The quantitative estimate of drug-likeness (QED) is 0.260. The van der Waals surface area contributed by atoms with Crippen molar-refractivity contribution in [1.82, 2.24) is 0 Å². The van der Waals surface area contributed by atoms with Crippen LogP contribution < -0.4 is 20.0 Å². The van der Waals surface area contributed by atoms with Crippen molar-refractivity contribution in [3.63, 3.8) is 0 Å². The van der Waals surface area contributed by atoms with Crippen LogP contribution in [0.5, 0.6) is 5.75 Å². The smallest absolute Gasteiger partial charge is 0.174 e. The monoisotopic (exact) mass is 594 g/mol. The molecule has 0 radical (unpaired) electrons. The van der Waals surface area contributed by atoms with Crippen LogP contribution in [0.1, 0.15) is 25.6 Å². The van der Waals surface area contributed by atoms with Crippen molar-refractivity contribution >= 4 is 56.1 Å². The number of halogens is 1. The van der Waals surface area contributed by atoms with E-state index < -0.39 is 0 Å². The first-order valence-corrected chi connectivity index (χ1v) is 14.1. The molecule has 4 heterocycles. The number of aliphatic imine (C=N–C) groups is 2. The zero-order chi connectivity index (χ0) is 27.2. The summed E-state index contributed by atoms with van der Waals surface area (Å²) >= 11 is 3.53. The number of hydrogen-bond donors (Lipinski definition) is 1. The molecule has 0 unspecified atom stereocenters. The number of hydrazone groups is 1. The summed E-state index contributed by atoms with van der Waals surface area (Å²) in [5.41, 5.74) is 4.70. The molecule has 0 fully saturated rings. The molecule has 1 aromatic heterocycles. The molecule has 0 bridgehead atoms. The molecule has 0 saturated heterocycles. The van der Waals surface area contributed by atoms with E-state index in [9.17, 15) is 0 Å². The van der Waals surface area contributed by atoms with Gasteiger partial charge >= 0.3 is 0 Å². The molecule has 200 valence electrons. The van der Waals surface area contributed by atoms with E-state index in [0.717, 1.165) is 45.8 Å². The lowest BCUT2D eigenvalue weighted by atomic mass is 9.86. The minimum absolute atomic E-state index is 0.0557. The second-order valence-electron chi connectivity index (χ2n) is 9.80. The van der Waals surface area contributed by atoms with Gasteiger partial charge in [0.15, 0.2) is 22.5 Å². The van der Waals surface area contributed by atoms with Gasteiger partial charge in [0, 0.05) is 11.4 Å². The summed E-state index contributed by atoms with van der Waals surface area (Å²) in [4.78, 5) is 12.7. The summed E-state index contributed by atoms with van der Waals surface area (Å²) in [6, 6.07) is 30.0. The van der Waals surface area contributed by atoms with Gasteiger partial charge in [-0.3, -0.25) is 0 Å². The third-order valence-corrected chi connectivity index (χ3v) is 7.77. The minimum Gasteiger partial charge on any atom is -0.494 e. The van der Waals surface area contributed by atoms with Gasteiger partial charge in [0.2, 0.25) is 0 Å². The topological polar surface area (TPSA) is 78.0 Å². The van der Waals surface area contributed by atoms with Crippen LogP contribution in [0.2, 0.25) is 0 Å². The number of anilines is 3. The fraction of sp³-hybridized carbons (Fsp3) is 0.194. The van der Waals surface area contributed by atoms with Crippen molar-refractivity contribution in [2.24, 2.45) is 21.0 Å². The second kappa shape index (κ2) is 9.98. The summed E-state index contributed by atoms with van der Waals surface area (Å²) in [6.07, 6.45) is -0.278. The molecule has 0 aliphatic carbocycles. The molecule has 0 amide bonds. The minimum atomic E-state index is -0.278. The van der Waals surface area contributed by atoms with Crippen LogP contribution in [-0.2, 0) is 0 Å². The highest BCUT2D eigenvalue weighted by atomic mass is 79.9. The first-order chi connectivity index (χ1) is 19.6. The van der Waals surface area contributed by atoms with Crippen LogP contribution >= 0.6 is 15.9 Å². The van der Waals surface area contributed by atoms with Gasteiger partial charge in [0.1, 0.15) is 17.6 Å². The van der Waals surface area contributed by atoms with Gasteiger partial charge in [0.05, 0.1) is 29.6 Å². The van der Waals surface area contributed by atoms with Gasteiger partial charge in [-0.25, -0.2) is 15.0 Å². The zero-order valence-corrected chi connectivity index (χ0v) is 23.6. The highest BCUT2D eigenvalue weighted by molar-refractivity contribution is 9.10. The van der Waals surface area contributed by atoms with Crippen LogP contribution in [0.4, 0.5) is 22.7 Å². The van der Waals surface area contributed by atoms with Crippen LogP contribution in [0.3, 0.4) is 0 Å². The Kier molecular flexibility index (Phi) is 6.15. The molecular formula is C31H27BrN6O2. The third-order valence-electron chi connectivity index (χ3n) is 7.34. The van der Waals surface area contributed by atoms with Gasteiger partial charge in [-0.05, 0) is 90.4 Å². The lowest BCUT2D eigenvalue weighted by molar-refractivity contribution is 0.340. The Labute approximate surface area is 240 Å². The number of ether oxygens (including phenoxy) is 1. The van der Waals surface area contributed by atoms with Gasteiger partial charge in [-0.15, -0.1) is 0 Å². The highest BCUT2D eigenvalue weighted by Crippen LogP contribution is 2.49. The van der Waals surface area contributed by atoms with Crippen molar-refractivity contribution in [3.05, 3.63) is 101 Å². The molecule has 3 aliphatic rings. The summed E-state index contributed by atoms with van der Waals surface area (Å²) in [7, 11) is 0. The van der Waals surface area contributed by atoms with Crippen molar-refractivity contribution in [2.75, 3.05) is 21.8 Å². The normalized spacial score (nSPS) is 21.1. The second-order valence-corrected chi connectivity index (χ2v) is 10.6. The number of benzene rings is 3. The van der Waals surface area contributed by atoms with E-state index in [1.807, 2.05) is 84.7 Å². The van der Waals surface area contributed by atoms with Crippen LogP contribution in [0.15, 0.2) is 115 Å². The maximum absolute atomic E-state index is 6.25. The number of furan rings is 1. The third kappa shape index (κ3) is 4.17. The van der Waals surface area contributed by atoms with E-state index in [4.69, 9.17) is 24.2 Å². The Balaban J connectivity index is 1.39. The molecular weight excluding hydrogens is 568 g/mol. The molecule has 3 aromatic carbocycles. The standard InChI is InChI=1S/C31H27BrN6O2/c1-3-39-22-15-13-20(14-16-22)33-29-31-35-30-27(19(2)36-38(30)21-9-5-4-6-10-21)28(25-17-18-26(32)40-25)37(31)24-12-8-7-11-23(24)34-29/h4-18,27-28,30H,3H2,1-2H3,(H,33,34)/t27-,28+,30-/m0/s1. The van der Waals surface area contributed by atoms with Crippen LogP contribution in [-0.4, -0.2) is 30.2 Å². The van der Waals surface area contributed by atoms with Crippen LogP contribution in [0.25, 0.3) is 0 Å². The molecule has 40 heavy (non-hydrogen) atoms. The number of fused-ring (bicyclic) bond motifs is 4. The molecule has 0 spiro atoms. The number of hydrogen-bond acceptors (Lipinski definition) is 8. The number of rotatable bonds is 5. The largest absolute Gasteiger partial charge is 0.494 e. The predicted octanol–water partition coefficient (Wildman–Crippen LogP) is 7.39. The van der Waals surface area contributed by atoms with E-state index in [0.29, 0.717) is 17.1 Å². The van der Waals surface area contributed by atoms with Gasteiger partial charge in [-0.1, -0.05) is 30.3 Å².